The van der Waals surface area contributed by atoms with Crippen LogP contribution in [0.25, 0.3) is 0 Å². The van der Waals surface area contributed by atoms with Crippen LogP contribution in [0.1, 0.15) is 30.0 Å². The number of hydrogen-bond donors (Lipinski definition) is 2. The third-order valence-electron chi connectivity index (χ3n) is 6.27. The standard InChI is InChI=1S/C20H28FN5.2C2HF3O2/c1-16-20-22-13-19(15-24-9-7-23(2)8-10-24)26(20)12-11-25(16)14-17-3-5-18(21)6-4-17;2*3-2(4,5)1(6)7/h3-6,13,16H,7-12,14-15H2,1-2H3;2*(H,6,7). The van der Waals surface area contributed by atoms with E-state index < -0.39 is 24.3 Å². The van der Waals surface area contributed by atoms with E-state index in [-0.39, 0.29) is 11.9 Å². The molecule has 0 spiro atoms. The fourth-order valence-electron chi connectivity index (χ4n) is 4.01. The number of hydrogen-bond acceptors (Lipinski definition) is 6. The van der Waals surface area contributed by atoms with Gasteiger partial charge < -0.3 is 19.7 Å². The van der Waals surface area contributed by atoms with Gasteiger partial charge in [0, 0.05) is 58.6 Å². The molecular formula is C24H30F7N5O4. The van der Waals surface area contributed by atoms with Crippen molar-refractivity contribution < 1.29 is 50.5 Å². The Morgan fingerprint density at radius 1 is 0.875 bits per heavy atom. The highest BCUT2D eigenvalue weighted by molar-refractivity contribution is 5.73. The van der Waals surface area contributed by atoms with E-state index in [4.69, 9.17) is 24.8 Å². The first-order chi connectivity index (χ1) is 18.5. The lowest BCUT2D eigenvalue weighted by molar-refractivity contribution is -0.193. The third kappa shape index (κ3) is 10.1. The smallest absolute Gasteiger partial charge is 0.475 e. The van der Waals surface area contributed by atoms with Gasteiger partial charge in [-0.1, -0.05) is 12.1 Å². The highest BCUT2D eigenvalue weighted by Crippen LogP contribution is 2.27. The number of piperazine rings is 1. The molecule has 2 aliphatic rings. The van der Waals surface area contributed by atoms with Gasteiger partial charge in [-0.2, -0.15) is 26.3 Å². The zero-order chi connectivity index (χ0) is 30.3. The SMILES string of the molecule is CC1c2ncc(CN3CCN(C)CC3)n2CCN1Cc1ccc(F)cc1.O=C(O)C(F)(F)F.O=C(O)C(F)(F)F. The number of aromatic nitrogens is 2. The van der Waals surface area contributed by atoms with Crippen molar-refractivity contribution in [3.8, 4) is 0 Å². The molecule has 1 unspecified atom stereocenters. The van der Waals surface area contributed by atoms with E-state index in [0.29, 0.717) is 0 Å². The summed E-state index contributed by atoms with van der Waals surface area (Å²) >= 11 is 0. The van der Waals surface area contributed by atoms with Gasteiger partial charge in [0.1, 0.15) is 11.6 Å². The number of imidazole rings is 1. The fraction of sp³-hybridized carbons (Fsp3) is 0.542. The number of aliphatic carboxylic acids is 2. The molecule has 1 atom stereocenters. The highest BCUT2D eigenvalue weighted by Gasteiger charge is 2.39. The second kappa shape index (κ2) is 13.9. The summed E-state index contributed by atoms with van der Waals surface area (Å²) in [5.74, 6) is -4.54. The first kappa shape index (κ1) is 33.0. The summed E-state index contributed by atoms with van der Waals surface area (Å²) in [6.45, 7) is 10.6. The summed E-state index contributed by atoms with van der Waals surface area (Å²) in [6.07, 6.45) is -8.11. The van der Waals surface area contributed by atoms with Crippen molar-refractivity contribution in [3.63, 3.8) is 0 Å². The van der Waals surface area contributed by atoms with Gasteiger partial charge in [-0.05, 0) is 31.7 Å². The van der Waals surface area contributed by atoms with Crippen molar-refractivity contribution in [1.29, 1.82) is 0 Å². The number of nitrogens with zero attached hydrogens (tertiary/aromatic N) is 5. The lowest BCUT2D eigenvalue weighted by Gasteiger charge is -2.36. The Balaban J connectivity index is 0.000000333. The number of carboxylic acids is 2. The Labute approximate surface area is 225 Å². The molecule has 0 amide bonds. The predicted octanol–water partition coefficient (Wildman–Crippen LogP) is 3.61. The fourth-order valence-corrected chi connectivity index (χ4v) is 4.01. The van der Waals surface area contributed by atoms with Crippen LogP contribution in [0.15, 0.2) is 30.5 Å². The summed E-state index contributed by atoms with van der Waals surface area (Å²) in [5, 5.41) is 14.2. The molecule has 3 heterocycles. The zero-order valence-corrected chi connectivity index (χ0v) is 21.7. The van der Waals surface area contributed by atoms with Gasteiger partial charge in [-0.15, -0.1) is 0 Å². The first-order valence-electron chi connectivity index (χ1n) is 12.0. The Morgan fingerprint density at radius 2 is 1.38 bits per heavy atom. The van der Waals surface area contributed by atoms with E-state index in [0.717, 1.165) is 63.7 Å². The second-order valence-corrected chi connectivity index (χ2v) is 9.22. The van der Waals surface area contributed by atoms with Gasteiger partial charge in [-0.25, -0.2) is 19.0 Å². The molecule has 2 aliphatic heterocycles. The minimum atomic E-state index is -5.08. The number of halogens is 7. The molecule has 0 saturated carbocycles. The molecule has 40 heavy (non-hydrogen) atoms. The van der Waals surface area contributed by atoms with Crippen LogP contribution in [0, 0.1) is 5.82 Å². The Hall–Kier alpha value is -3.24. The molecule has 9 nitrogen and oxygen atoms in total. The summed E-state index contributed by atoms with van der Waals surface area (Å²) in [7, 11) is 2.19. The number of likely N-dealkylation sites (N-methyl/N-ethyl adjacent to an activating group) is 1. The molecule has 0 radical (unpaired) electrons. The summed E-state index contributed by atoms with van der Waals surface area (Å²) in [6, 6.07) is 7.11. The average Bonchev–Trinajstić information content (AvgIpc) is 3.26. The third-order valence-corrected chi connectivity index (χ3v) is 6.27. The molecule has 0 bridgehead atoms. The Bertz CT molecular complexity index is 1090. The van der Waals surface area contributed by atoms with E-state index in [1.165, 1.54) is 5.69 Å². The maximum atomic E-state index is 13.1. The van der Waals surface area contributed by atoms with Crippen molar-refractivity contribution in [2.75, 3.05) is 39.8 Å². The van der Waals surface area contributed by atoms with Gasteiger partial charge >= 0.3 is 24.3 Å². The molecule has 2 aromatic rings. The minimum Gasteiger partial charge on any atom is -0.475 e. The predicted molar refractivity (Wildman–Crippen MR) is 128 cm³/mol. The first-order valence-corrected chi connectivity index (χ1v) is 12.0. The van der Waals surface area contributed by atoms with E-state index in [9.17, 15) is 30.7 Å². The van der Waals surface area contributed by atoms with Crippen molar-refractivity contribution in [1.82, 2.24) is 24.3 Å². The second-order valence-electron chi connectivity index (χ2n) is 9.22. The topological polar surface area (TPSA) is 102 Å². The molecule has 1 aromatic heterocycles. The molecule has 1 saturated heterocycles. The van der Waals surface area contributed by atoms with Gasteiger partial charge in [0.25, 0.3) is 0 Å². The quantitative estimate of drug-likeness (QED) is 0.525. The monoisotopic (exact) mass is 585 g/mol. The van der Waals surface area contributed by atoms with Crippen LogP contribution >= 0.6 is 0 Å². The number of fused-ring (bicyclic) bond motifs is 1. The van der Waals surface area contributed by atoms with Crippen molar-refractivity contribution >= 4 is 11.9 Å². The number of alkyl halides is 6. The van der Waals surface area contributed by atoms with Gasteiger partial charge in [0.05, 0.1) is 11.7 Å². The van der Waals surface area contributed by atoms with Crippen LogP contribution in [-0.4, -0.2) is 98.5 Å². The summed E-state index contributed by atoms with van der Waals surface area (Å²) in [5.41, 5.74) is 2.48. The van der Waals surface area contributed by atoms with E-state index in [1.54, 1.807) is 12.1 Å². The number of benzene rings is 1. The molecule has 16 heteroatoms. The van der Waals surface area contributed by atoms with Gasteiger partial charge in [0.2, 0.25) is 0 Å². The molecular weight excluding hydrogens is 555 g/mol. The lowest BCUT2D eigenvalue weighted by Crippen LogP contribution is -2.44. The molecule has 224 valence electrons. The molecule has 2 N–H and O–H groups in total. The summed E-state index contributed by atoms with van der Waals surface area (Å²) in [4.78, 5) is 29.9. The van der Waals surface area contributed by atoms with Crippen molar-refractivity contribution in [2.45, 2.75) is 45.0 Å². The number of rotatable bonds is 4. The van der Waals surface area contributed by atoms with Crippen LogP contribution in [0.4, 0.5) is 30.7 Å². The zero-order valence-electron chi connectivity index (χ0n) is 21.7. The van der Waals surface area contributed by atoms with E-state index in [1.807, 2.05) is 12.1 Å². The van der Waals surface area contributed by atoms with Crippen LogP contribution in [0.5, 0.6) is 0 Å². The highest BCUT2D eigenvalue weighted by atomic mass is 19.4. The van der Waals surface area contributed by atoms with Crippen LogP contribution < -0.4 is 0 Å². The van der Waals surface area contributed by atoms with E-state index in [2.05, 4.69) is 39.4 Å². The number of carbonyl (C=O) groups is 2. The van der Waals surface area contributed by atoms with Crippen molar-refractivity contribution in [2.24, 2.45) is 0 Å². The van der Waals surface area contributed by atoms with Crippen LogP contribution in [0.3, 0.4) is 0 Å². The molecule has 0 aliphatic carbocycles. The molecule has 1 aromatic carbocycles. The Kier molecular flexibility index (Phi) is 11.5. The average molecular weight is 586 g/mol. The van der Waals surface area contributed by atoms with Gasteiger partial charge in [-0.3, -0.25) is 9.80 Å². The Morgan fingerprint density at radius 3 is 1.85 bits per heavy atom. The minimum absolute atomic E-state index is 0.176. The van der Waals surface area contributed by atoms with Crippen molar-refractivity contribution in [3.05, 3.63) is 53.4 Å². The van der Waals surface area contributed by atoms with Crippen LogP contribution in [0.2, 0.25) is 0 Å². The number of carboxylic acid groups (broad SMARTS) is 2. The summed E-state index contributed by atoms with van der Waals surface area (Å²) < 4.78 is 79.0. The van der Waals surface area contributed by atoms with E-state index >= 15 is 0 Å². The molecule has 4 rings (SSSR count). The maximum Gasteiger partial charge on any atom is 0.490 e. The molecule has 1 fully saturated rings. The largest absolute Gasteiger partial charge is 0.490 e. The van der Waals surface area contributed by atoms with Crippen LogP contribution in [-0.2, 0) is 29.2 Å². The maximum absolute atomic E-state index is 13.1. The van der Waals surface area contributed by atoms with Gasteiger partial charge in [0.15, 0.2) is 0 Å². The lowest BCUT2D eigenvalue weighted by atomic mass is 10.1. The normalized spacial score (nSPS) is 18.6.